The molecule has 0 spiro atoms. The second-order valence-electron chi connectivity index (χ2n) is 4.10. The van der Waals surface area contributed by atoms with Crippen LogP contribution >= 0.6 is 0 Å². The molecule has 0 saturated heterocycles. The fourth-order valence-electron chi connectivity index (χ4n) is 1.76. The lowest BCUT2D eigenvalue weighted by Crippen LogP contribution is -1.99. The zero-order valence-electron chi connectivity index (χ0n) is 9.99. The number of ketones is 1. The third-order valence-corrected chi connectivity index (χ3v) is 2.74. The van der Waals surface area contributed by atoms with E-state index in [4.69, 9.17) is 0 Å². The number of Topliss-reactive ketones (excluding diaryl/α,β-unsaturated/α-hetero) is 1. The molecule has 94 valence electrons. The molecule has 0 bridgehead atoms. The van der Waals surface area contributed by atoms with E-state index in [1.807, 2.05) is 0 Å². The van der Waals surface area contributed by atoms with E-state index >= 15 is 0 Å². The van der Waals surface area contributed by atoms with Gasteiger partial charge in [-0.3, -0.25) is 4.79 Å². The summed E-state index contributed by atoms with van der Waals surface area (Å²) in [6.07, 6.45) is 3.92. The largest absolute Gasteiger partial charge is 0.349 e. The summed E-state index contributed by atoms with van der Waals surface area (Å²) in [6, 6.07) is 5.52. The van der Waals surface area contributed by atoms with Gasteiger partial charge in [-0.1, -0.05) is 13.0 Å². The zero-order valence-corrected chi connectivity index (χ0v) is 9.99. The standard InChI is InChI=1S/C14H13F2NO/c1-2-14(18)11-5-6-17(9-11)8-10-3-4-12(15)13(16)7-10/h3-7,9H,2,8H2,1H3. The minimum absolute atomic E-state index is 0.0686. The van der Waals surface area contributed by atoms with Crippen LogP contribution in [0.3, 0.4) is 0 Å². The molecular weight excluding hydrogens is 236 g/mol. The van der Waals surface area contributed by atoms with Crippen molar-refractivity contribution in [2.24, 2.45) is 0 Å². The van der Waals surface area contributed by atoms with Gasteiger partial charge in [-0.15, -0.1) is 0 Å². The van der Waals surface area contributed by atoms with Crippen molar-refractivity contribution < 1.29 is 13.6 Å². The second kappa shape index (κ2) is 5.12. The van der Waals surface area contributed by atoms with E-state index in [1.54, 1.807) is 30.0 Å². The number of aromatic nitrogens is 1. The lowest BCUT2D eigenvalue weighted by atomic mass is 10.2. The van der Waals surface area contributed by atoms with E-state index in [1.165, 1.54) is 6.07 Å². The van der Waals surface area contributed by atoms with Crippen LogP contribution in [0.2, 0.25) is 0 Å². The van der Waals surface area contributed by atoms with Crippen LogP contribution < -0.4 is 0 Å². The molecule has 0 aliphatic carbocycles. The van der Waals surface area contributed by atoms with Gasteiger partial charge >= 0.3 is 0 Å². The molecule has 2 aromatic rings. The number of rotatable bonds is 4. The first-order valence-electron chi connectivity index (χ1n) is 5.73. The van der Waals surface area contributed by atoms with Crippen molar-refractivity contribution in [2.75, 3.05) is 0 Å². The Hall–Kier alpha value is -1.97. The number of nitrogens with zero attached hydrogens (tertiary/aromatic N) is 1. The SMILES string of the molecule is CCC(=O)c1ccn(Cc2ccc(F)c(F)c2)c1. The van der Waals surface area contributed by atoms with Gasteiger partial charge < -0.3 is 4.57 Å². The van der Waals surface area contributed by atoms with Crippen LogP contribution in [0.4, 0.5) is 8.78 Å². The van der Waals surface area contributed by atoms with Crippen LogP contribution in [-0.2, 0) is 6.54 Å². The van der Waals surface area contributed by atoms with Crippen molar-refractivity contribution in [2.45, 2.75) is 19.9 Å². The second-order valence-corrected chi connectivity index (χ2v) is 4.10. The van der Waals surface area contributed by atoms with Gasteiger partial charge in [-0.25, -0.2) is 8.78 Å². The highest BCUT2D eigenvalue weighted by Crippen LogP contribution is 2.12. The van der Waals surface area contributed by atoms with Gasteiger partial charge in [0.1, 0.15) is 0 Å². The minimum Gasteiger partial charge on any atom is -0.349 e. The number of carbonyl (C=O) groups is 1. The van der Waals surface area contributed by atoms with Gasteiger partial charge in [-0.05, 0) is 23.8 Å². The molecule has 4 heteroatoms. The fourth-order valence-corrected chi connectivity index (χ4v) is 1.76. The summed E-state index contributed by atoms with van der Waals surface area (Å²) in [6.45, 7) is 2.21. The number of carbonyl (C=O) groups excluding carboxylic acids is 1. The predicted molar refractivity (Wildman–Crippen MR) is 64.5 cm³/mol. The molecule has 0 N–H and O–H groups in total. The van der Waals surface area contributed by atoms with E-state index in [-0.39, 0.29) is 5.78 Å². The van der Waals surface area contributed by atoms with Crippen molar-refractivity contribution in [1.82, 2.24) is 4.57 Å². The molecule has 0 aliphatic rings. The van der Waals surface area contributed by atoms with E-state index in [2.05, 4.69) is 0 Å². The first-order chi connectivity index (χ1) is 8.60. The summed E-state index contributed by atoms with van der Waals surface area (Å²) in [5.74, 6) is -1.64. The Morgan fingerprint density at radius 2 is 2.00 bits per heavy atom. The Balaban J connectivity index is 2.16. The Morgan fingerprint density at radius 3 is 2.67 bits per heavy atom. The average Bonchev–Trinajstić information content (AvgIpc) is 2.81. The van der Waals surface area contributed by atoms with Crippen molar-refractivity contribution >= 4 is 5.78 Å². The number of halogens is 2. The molecule has 0 unspecified atom stereocenters. The quantitative estimate of drug-likeness (QED) is 0.761. The zero-order chi connectivity index (χ0) is 13.1. The van der Waals surface area contributed by atoms with E-state index < -0.39 is 11.6 Å². The summed E-state index contributed by atoms with van der Waals surface area (Å²) < 4.78 is 27.6. The van der Waals surface area contributed by atoms with Crippen LogP contribution in [0.25, 0.3) is 0 Å². The number of hydrogen-bond acceptors (Lipinski definition) is 1. The van der Waals surface area contributed by atoms with E-state index in [0.29, 0.717) is 24.1 Å². The van der Waals surface area contributed by atoms with Gasteiger partial charge in [0.05, 0.1) is 0 Å². The van der Waals surface area contributed by atoms with Gasteiger partial charge in [0, 0.05) is 30.9 Å². The summed E-state index contributed by atoms with van der Waals surface area (Å²) in [5, 5.41) is 0. The fraction of sp³-hybridized carbons (Fsp3) is 0.214. The van der Waals surface area contributed by atoms with E-state index in [9.17, 15) is 13.6 Å². The highest BCUT2D eigenvalue weighted by molar-refractivity contribution is 5.95. The Morgan fingerprint density at radius 1 is 1.22 bits per heavy atom. The van der Waals surface area contributed by atoms with Gasteiger partial charge in [-0.2, -0.15) is 0 Å². The molecular formula is C14H13F2NO. The van der Waals surface area contributed by atoms with Crippen molar-refractivity contribution in [3.05, 3.63) is 59.4 Å². The van der Waals surface area contributed by atoms with E-state index in [0.717, 1.165) is 12.1 Å². The lowest BCUT2D eigenvalue weighted by Gasteiger charge is -2.03. The molecule has 0 atom stereocenters. The maximum Gasteiger partial charge on any atom is 0.164 e. The molecule has 1 heterocycles. The smallest absolute Gasteiger partial charge is 0.164 e. The summed E-state index contributed by atoms with van der Waals surface area (Å²) >= 11 is 0. The summed E-state index contributed by atoms with van der Waals surface area (Å²) in [4.78, 5) is 11.5. The van der Waals surface area contributed by atoms with Gasteiger partial charge in [0.15, 0.2) is 17.4 Å². The van der Waals surface area contributed by atoms with Crippen LogP contribution in [0.15, 0.2) is 36.7 Å². The molecule has 2 rings (SSSR count). The maximum atomic E-state index is 13.0. The van der Waals surface area contributed by atoms with Gasteiger partial charge in [0.25, 0.3) is 0 Å². The monoisotopic (exact) mass is 249 g/mol. The predicted octanol–water partition coefficient (Wildman–Crippen LogP) is 3.41. The maximum absolute atomic E-state index is 13.0. The Bertz CT molecular complexity index is 575. The molecule has 0 saturated carbocycles. The van der Waals surface area contributed by atoms with Crippen molar-refractivity contribution in [3.63, 3.8) is 0 Å². The third kappa shape index (κ3) is 2.64. The molecule has 1 aromatic heterocycles. The number of benzene rings is 1. The molecule has 1 aromatic carbocycles. The third-order valence-electron chi connectivity index (χ3n) is 2.74. The minimum atomic E-state index is -0.857. The van der Waals surface area contributed by atoms with Crippen molar-refractivity contribution in [1.29, 1.82) is 0 Å². The van der Waals surface area contributed by atoms with Crippen LogP contribution in [0, 0.1) is 11.6 Å². The van der Waals surface area contributed by atoms with Crippen LogP contribution in [-0.4, -0.2) is 10.4 Å². The number of hydrogen-bond donors (Lipinski definition) is 0. The normalized spacial score (nSPS) is 10.6. The molecule has 0 radical (unpaired) electrons. The topological polar surface area (TPSA) is 22.0 Å². The first-order valence-corrected chi connectivity index (χ1v) is 5.73. The lowest BCUT2D eigenvalue weighted by molar-refractivity contribution is 0.0988. The summed E-state index contributed by atoms with van der Waals surface area (Å²) in [5.41, 5.74) is 1.29. The molecule has 0 aliphatic heterocycles. The average molecular weight is 249 g/mol. The van der Waals surface area contributed by atoms with Crippen molar-refractivity contribution in [3.8, 4) is 0 Å². The summed E-state index contributed by atoms with van der Waals surface area (Å²) in [7, 11) is 0. The first kappa shape index (κ1) is 12.5. The van der Waals surface area contributed by atoms with Crippen LogP contribution in [0.5, 0.6) is 0 Å². The Labute approximate surface area is 104 Å². The highest BCUT2D eigenvalue weighted by Gasteiger charge is 2.06. The molecule has 18 heavy (non-hydrogen) atoms. The molecule has 0 amide bonds. The van der Waals surface area contributed by atoms with Gasteiger partial charge in [0.2, 0.25) is 0 Å². The molecule has 0 fully saturated rings. The van der Waals surface area contributed by atoms with Crippen LogP contribution in [0.1, 0.15) is 29.3 Å². The molecule has 2 nitrogen and oxygen atoms in total. The highest BCUT2D eigenvalue weighted by atomic mass is 19.2. The Kier molecular flexibility index (Phi) is 3.55.